The van der Waals surface area contributed by atoms with Crippen molar-refractivity contribution in [2.24, 2.45) is 16.7 Å². The second-order valence-corrected chi connectivity index (χ2v) is 11.4. The van der Waals surface area contributed by atoms with Crippen LogP contribution in [0.5, 0.6) is 11.6 Å². The van der Waals surface area contributed by atoms with E-state index in [-0.39, 0.29) is 32.2 Å². The second kappa shape index (κ2) is 8.28. The number of carbonyl (C=O) groups is 1. The van der Waals surface area contributed by atoms with Crippen LogP contribution in [0.3, 0.4) is 0 Å². The first-order chi connectivity index (χ1) is 15.8. The van der Waals surface area contributed by atoms with Gasteiger partial charge in [0.05, 0.1) is 17.1 Å². The monoisotopic (exact) mass is 504 g/mol. The van der Waals surface area contributed by atoms with Crippen LogP contribution in [0.2, 0.25) is 5.15 Å². The van der Waals surface area contributed by atoms with Gasteiger partial charge in [-0.2, -0.15) is 0 Å². The summed E-state index contributed by atoms with van der Waals surface area (Å²) >= 11 is 6.18. The average Bonchev–Trinajstić information content (AvgIpc) is 3.07. The van der Waals surface area contributed by atoms with Gasteiger partial charge >= 0.3 is 0 Å². The van der Waals surface area contributed by atoms with Crippen molar-refractivity contribution in [1.29, 1.82) is 0 Å². The Balaban J connectivity index is 1.44. The fraction of sp³-hybridized carbons (Fsp3) is 0.348. The molecule has 2 aromatic heterocycles. The topological polar surface area (TPSA) is 123 Å². The van der Waals surface area contributed by atoms with E-state index in [1.807, 2.05) is 4.72 Å². The van der Waals surface area contributed by atoms with Crippen molar-refractivity contribution in [3.8, 4) is 17.4 Å². The molecule has 11 heteroatoms. The van der Waals surface area contributed by atoms with E-state index in [4.69, 9.17) is 16.3 Å². The van der Waals surface area contributed by atoms with Gasteiger partial charge in [-0.25, -0.2) is 22.8 Å². The van der Waals surface area contributed by atoms with Crippen LogP contribution >= 0.6 is 11.6 Å². The number of phenols is 1. The number of nitrogens with zero attached hydrogens (tertiary/aromatic N) is 3. The first-order valence-corrected chi connectivity index (χ1v) is 12.4. The first-order valence-electron chi connectivity index (χ1n) is 10.5. The SMILES string of the molecule is CC1(C)C(COc2ccn(-c3ccc(C(=O)NS(=O)(=O)c4ccc(O)cc4)c(Cl)n3)n2)C1(C)C. The number of aromatic hydroxyl groups is 1. The lowest BCUT2D eigenvalue weighted by Gasteiger charge is -2.09. The third-order valence-electron chi connectivity index (χ3n) is 6.97. The molecular formula is C23H25ClN4O5S. The van der Waals surface area contributed by atoms with E-state index >= 15 is 0 Å². The van der Waals surface area contributed by atoms with Crippen molar-refractivity contribution in [2.75, 3.05) is 6.61 Å². The minimum Gasteiger partial charge on any atom is -0.508 e. The maximum atomic E-state index is 12.5. The van der Waals surface area contributed by atoms with Crippen molar-refractivity contribution < 1.29 is 23.1 Å². The number of carbonyl (C=O) groups excluding carboxylic acids is 1. The van der Waals surface area contributed by atoms with Gasteiger partial charge in [-0.1, -0.05) is 39.3 Å². The van der Waals surface area contributed by atoms with E-state index < -0.39 is 15.9 Å². The molecule has 1 aliphatic rings. The van der Waals surface area contributed by atoms with Gasteiger partial charge in [0.1, 0.15) is 10.9 Å². The molecule has 9 nitrogen and oxygen atoms in total. The zero-order valence-corrected chi connectivity index (χ0v) is 20.7. The molecule has 2 N–H and O–H groups in total. The molecular weight excluding hydrogens is 480 g/mol. The second-order valence-electron chi connectivity index (χ2n) is 9.34. The highest BCUT2D eigenvalue weighted by Crippen LogP contribution is 2.68. The Labute approximate surface area is 202 Å². The normalized spacial score (nSPS) is 16.7. The number of benzene rings is 1. The van der Waals surface area contributed by atoms with Gasteiger partial charge in [-0.3, -0.25) is 4.79 Å². The number of ether oxygens (including phenoxy) is 1. The Bertz CT molecular complexity index is 1340. The molecule has 0 spiro atoms. The van der Waals surface area contributed by atoms with Gasteiger partial charge in [0, 0.05) is 18.2 Å². The number of rotatable bonds is 7. The van der Waals surface area contributed by atoms with Crippen molar-refractivity contribution in [1.82, 2.24) is 19.5 Å². The fourth-order valence-corrected chi connectivity index (χ4v) is 5.21. The molecule has 0 bridgehead atoms. The lowest BCUT2D eigenvalue weighted by molar-refractivity contribution is 0.0981. The van der Waals surface area contributed by atoms with Crippen LogP contribution in [0.25, 0.3) is 5.82 Å². The third kappa shape index (κ3) is 4.35. The van der Waals surface area contributed by atoms with Crippen molar-refractivity contribution >= 4 is 27.5 Å². The van der Waals surface area contributed by atoms with E-state index in [2.05, 4.69) is 37.8 Å². The summed E-state index contributed by atoms with van der Waals surface area (Å²) in [5.41, 5.74) is 0.294. The number of halogens is 1. The summed E-state index contributed by atoms with van der Waals surface area (Å²) in [6.45, 7) is 9.44. The van der Waals surface area contributed by atoms with Crippen LogP contribution in [0.4, 0.5) is 0 Å². The summed E-state index contributed by atoms with van der Waals surface area (Å²) in [6, 6.07) is 9.34. The molecule has 34 heavy (non-hydrogen) atoms. The summed E-state index contributed by atoms with van der Waals surface area (Å²) < 4.78 is 34.1. The van der Waals surface area contributed by atoms with E-state index in [0.717, 1.165) is 0 Å². The fourth-order valence-electron chi connectivity index (χ4n) is 4.01. The Morgan fingerprint density at radius 2 is 1.76 bits per heavy atom. The maximum absolute atomic E-state index is 12.5. The number of pyridine rings is 1. The lowest BCUT2D eigenvalue weighted by Crippen LogP contribution is -2.31. The molecule has 4 rings (SSSR count). The van der Waals surface area contributed by atoms with Gasteiger partial charge in [0.25, 0.3) is 15.9 Å². The highest BCUT2D eigenvalue weighted by Gasteiger charge is 2.64. The molecule has 1 fully saturated rings. The predicted molar refractivity (Wildman–Crippen MR) is 126 cm³/mol. The molecule has 0 saturated heterocycles. The van der Waals surface area contributed by atoms with Crippen LogP contribution < -0.4 is 9.46 Å². The summed E-state index contributed by atoms with van der Waals surface area (Å²) in [7, 11) is -4.16. The number of hydrogen-bond acceptors (Lipinski definition) is 7. The number of hydrogen-bond donors (Lipinski definition) is 2. The molecule has 0 aliphatic heterocycles. The van der Waals surface area contributed by atoms with Crippen LogP contribution in [0, 0.1) is 16.7 Å². The van der Waals surface area contributed by atoms with Crippen molar-refractivity contribution in [3.05, 3.63) is 59.4 Å². The van der Waals surface area contributed by atoms with Gasteiger partial charge in [-0.05, 0) is 47.2 Å². The molecule has 3 aromatic rings. The Hall–Kier alpha value is -3.11. The van der Waals surface area contributed by atoms with Gasteiger partial charge < -0.3 is 9.84 Å². The summed E-state index contributed by atoms with van der Waals surface area (Å²) in [6.07, 6.45) is 1.66. The zero-order chi connectivity index (χ0) is 24.9. The standard InChI is InChI=1S/C23H25ClN4O5S/c1-22(2)17(23(22,3)4)13-33-19-11-12-28(26-19)18-10-9-16(20(24)25-18)21(30)27-34(31,32)15-7-5-14(29)6-8-15/h5-12,17,29H,13H2,1-4H3,(H,27,30). The van der Waals surface area contributed by atoms with Crippen molar-refractivity contribution in [2.45, 2.75) is 32.6 Å². The average molecular weight is 505 g/mol. The first kappa shape index (κ1) is 24.0. The van der Waals surface area contributed by atoms with Crippen LogP contribution in [-0.2, 0) is 10.0 Å². The van der Waals surface area contributed by atoms with E-state index in [9.17, 15) is 18.3 Å². The summed E-state index contributed by atoms with van der Waals surface area (Å²) in [5.74, 6) is 0.174. The number of aromatic nitrogens is 3. The Morgan fingerprint density at radius 1 is 1.12 bits per heavy atom. The highest BCUT2D eigenvalue weighted by molar-refractivity contribution is 7.90. The van der Waals surface area contributed by atoms with Crippen molar-refractivity contribution in [3.63, 3.8) is 0 Å². The van der Waals surface area contributed by atoms with Gasteiger partial charge in [0.15, 0.2) is 5.82 Å². The van der Waals surface area contributed by atoms with Gasteiger partial charge in [-0.15, -0.1) is 5.10 Å². The summed E-state index contributed by atoms with van der Waals surface area (Å²) in [5, 5.41) is 13.5. The van der Waals surface area contributed by atoms with E-state index in [1.54, 1.807) is 12.3 Å². The van der Waals surface area contributed by atoms with Crippen LogP contribution in [-0.4, -0.2) is 40.8 Å². The third-order valence-corrected chi connectivity index (χ3v) is 8.60. The largest absolute Gasteiger partial charge is 0.508 e. The molecule has 1 aliphatic carbocycles. The quantitative estimate of drug-likeness (QED) is 0.469. The van der Waals surface area contributed by atoms with Gasteiger partial charge in [0.2, 0.25) is 5.88 Å². The predicted octanol–water partition coefficient (Wildman–Crippen LogP) is 3.81. The smallest absolute Gasteiger partial charge is 0.268 e. The number of amides is 1. The number of phenolic OH excluding ortho intramolecular Hbond substituents is 1. The van der Waals surface area contributed by atoms with Crippen LogP contribution in [0.1, 0.15) is 38.1 Å². The Morgan fingerprint density at radius 3 is 2.35 bits per heavy atom. The lowest BCUT2D eigenvalue weighted by atomic mass is 10.0. The molecule has 1 saturated carbocycles. The highest BCUT2D eigenvalue weighted by atomic mass is 35.5. The number of nitrogens with one attached hydrogen (secondary N) is 1. The molecule has 2 heterocycles. The molecule has 0 unspecified atom stereocenters. The molecule has 0 atom stereocenters. The zero-order valence-electron chi connectivity index (χ0n) is 19.1. The minimum atomic E-state index is -4.16. The maximum Gasteiger partial charge on any atom is 0.268 e. The molecule has 1 aromatic carbocycles. The number of sulfonamides is 1. The molecule has 1 amide bonds. The molecule has 180 valence electrons. The summed E-state index contributed by atoms with van der Waals surface area (Å²) in [4.78, 5) is 16.5. The van der Waals surface area contributed by atoms with E-state index in [0.29, 0.717) is 24.2 Å². The van der Waals surface area contributed by atoms with Crippen LogP contribution in [0.15, 0.2) is 53.6 Å². The minimum absolute atomic E-state index is 0.0968. The van der Waals surface area contributed by atoms with E-state index in [1.165, 1.54) is 41.1 Å². The Kier molecular flexibility index (Phi) is 5.85. The molecule has 0 radical (unpaired) electrons.